The average molecular weight is 499 g/mol. The van der Waals surface area contributed by atoms with Crippen molar-refractivity contribution in [1.29, 1.82) is 0 Å². The summed E-state index contributed by atoms with van der Waals surface area (Å²) in [7, 11) is 0.876. The van der Waals surface area contributed by atoms with Gasteiger partial charge in [-0.1, -0.05) is 60.7 Å². The monoisotopic (exact) mass is 499 g/mol. The Balaban J connectivity index is 0.000000235. The standard InChI is InChI=1S/C17H14P.C10H12NO3.Fe/c1-3-9-15(10-4-1)18(17-13-7-8-14-17)16-11-5-2-6-12-16;1-7(10(13)14-2)11-9(12)8-5-3-4-6-8;/h1-14H;3-7H,1-2H3,(H,11,12);/q;;+2/t;7-;/m.1./s1. The van der Waals surface area contributed by atoms with Gasteiger partial charge in [0.2, 0.25) is 5.91 Å². The molecule has 4 rings (SSSR count). The van der Waals surface area contributed by atoms with E-state index in [2.05, 4.69) is 96.4 Å². The van der Waals surface area contributed by atoms with E-state index in [0.29, 0.717) is 5.92 Å². The number of amides is 1. The summed E-state index contributed by atoms with van der Waals surface area (Å²) in [5.41, 5.74) is 1.42. The molecule has 1 N–H and O–H groups in total. The van der Waals surface area contributed by atoms with Crippen LogP contribution in [0.5, 0.6) is 0 Å². The molecule has 2 saturated carbocycles. The molecule has 2 aliphatic carbocycles. The maximum atomic E-state index is 11.4. The molecule has 0 saturated heterocycles. The van der Waals surface area contributed by atoms with Gasteiger partial charge in [0.25, 0.3) is 0 Å². The third kappa shape index (κ3) is 8.25. The smallest absolute Gasteiger partial charge is 0.467 e. The van der Waals surface area contributed by atoms with Crippen LogP contribution in [0.15, 0.2) is 60.7 Å². The van der Waals surface area contributed by atoms with E-state index in [4.69, 9.17) is 0 Å². The molecule has 33 heavy (non-hydrogen) atoms. The topological polar surface area (TPSA) is 55.4 Å². The van der Waals surface area contributed by atoms with Crippen molar-refractivity contribution in [2.75, 3.05) is 7.11 Å². The number of benzene rings is 2. The van der Waals surface area contributed by atoms with Gasteiger partial charge in [0.15, 0.2) is 0 Å². The van der Waals surface area contributed by atoms with Gasteiger partial charge in [0, 0.05) is 5.66 Å². The van der Waals surface area contributed by atoms with Crippen LogP contribution in [0.3, 0.4) is 0 Å². The predicted octanol–water partition coefficient (Wildman–Crippen LogP) is 3.55. The van der Waals surface area contributed by atoms with Gasteiger partial charge in [-0.2, -0.15) is 0 Å². The van der Waals surface area contributed by atoms with Crippen molar-refractivity contribution in [2.24, 2.45) is 0 Å². The molecule has 4 nitrogen and oxygen atoms in total. The Kier molecular flexibility index (Phi) is 12.2. The zero-order valence-electron chi connectivity index (χ0n) is 18.5. The summed E-state index contributed by atoms with van der Waals surface area (Å²) in [6.07, 6.45) is 15.6. The van der Waals surface area contributed by atoms with Gasteiger partial charge >= 0.3 is 23.0 Å². The zero-order chi connectivity index (χ0) is 22.8. The quantitative estimate of drug-likeness (QED) is 0.376. The summed E-state index contributed by atoms with van der Waals surface area (Å²) in [6.45, 7) is 1.58. The van der Waals surface area contributed by atoms with Crippen molar-refractivity contribution in [3.63, 3.8) is 0 Å². The molecule has 0 heterocycles. The number of carbonyl (C=O) groups excluding carboxylic acids is 2. The Hall–Kier alpha value is -1.67. The van der Waals surface area contributed by atoms with Crippen LogP contribution in [0.2, 0.25) is 0 Å². The summed E-state index contributed by atoms with van der Waals surface area (Å²) >= 11 is 0. The van der Waals surface area contributed by atoms with Gasteiger partial charge in [-0.25, -0.2) is 4.79 Å². The minimum absolute atomic E-state index is 0. The Labute approximate surface area is 210 Å². The first kappa shape index (κ1) is 27.6. The van der Waals surface area contributed by atoms with Crippen LogP contribution < -0.4 is 15.9 Å². The number of carbonyl (C=O) groups is 2. The van der Waals surface area contributed by atoms with E-state index in [9.17, 15) is 9.59 Å². The molecule has 2 aliphatic rings. The van der Waals surface area contributed by atoms with E-state index >= 15 is 0 Å². The number of esters is 1. The average Bonchev–Trinajstić information content (AvgIpc) is 3.55. The Bertz CT molecular complexity index is 797. The molecular formula is C27H26FeNO3P+2. The second-order valence-corrected chi connectivity index (χ2v) is 9.26. The van der Waals surface area contributed by atoms with Crippen LogP contribution in [0.1, 0.15) is 6.92 Å². The number of hydrogen-bond acceptors (Lipinski definition) is 3. The van der Waals surface area contributed by atoms with Gasteiger partial charge < -0.3 is 10.1 Å². The minimum Gasteiger partial charge on any atom is -0.467 e. The zero-order valence-corrected chi connectivity index (χ0v) is 20.5. The van der Waals surface area contributed by atoms with Crippen LogP contribution in [0.25, 0.3) is 0 Å². The van der Waals surface area contributed by atoms with Crippen molar-refractivity contribution in [3.8, 4) is 0 Å². The van der Waals surface area contributed by atoms with Gasteiger partial charge in [0.1, 0.15) is 6.04 Å². The van der Waals surface area contributed by atoms with E-state index in [1.165, 1.54) is 23.4 Å². The SMILES string of the molecule is COC(=O)[C@@H](C)NC(=O)[C]1[CH][CH][CH][CH]1.[CH]1[CH][CH][C](P(c2ccccc2)c2ccccc2)[CH]1.[Fe+2]. The summed E-state index contributed by atoms with van der Waals surface area (Å²) in [4.78, 5) is 22.4. The number of rotatable bonds is 6. The Morgan fingerprint density at radius 1 is 0.788 bits per heavy atom. The molecule has 1 amide bonds. The third-order valence-corrected chi connectivity index (χ3v) is 7.20. The third-order valence-electron chi connectivity index (χ3n) is 4.76. The fourth-order valence-electron chi connectivity index (χ4n) is 3.16. The van der Waals surface area contributed by atoms with Gasteiger partial charge in [-0.05, 0) is 76.8 Å². The molecule has 2 fully saturated rings. The van der Waals surface area contributed by atoms with Crippen LogP contribution in [0, 0.1) is 62.9 Å². The van der Waals surface area contributed by atoms with E-state index < -0.39 is 19.9 Å². The van der Waals surface area contributed by atoms with Crippen molar-refractivity contribution in [2.45, 2.75) is 13.0 Å². The molecule has 168 valence electrons. The normalized spacial score (nSPS) is 16.9. The number of ether oxygens (including phenoxy) is 1. The second kappa shape index (κ2) is 14.6. The minimum atomic E-state index is -0.623. The first-order valence-corrected chi connectivity index (χ1v) is 11.7. The molecule has 0 aromatic heterocycles. The summed E-state index contributed by atoms with van der Waals surface area (Å²) in [5.74, 6) is -0.182. The largest absolute Gasteiger partial charge is 2.00 e. The van der Waals surface area contributed by atoms with Crippen molar-refractivity contribution in [1.82, 2.24) is 5.32 Å². The van der Waals surface area contributed by atoms with E-state index in [0.717, 1.165) is 0 Å². The van der Waals surface area contributed by atoms with E-state index in [1.54, 1.807) is 32.6 Å². The van der Waals surface area contributed by atoms with Crippen LogP contribution in [-0.2, 0) is 31.4 Å². The summed E-state index contributed by atoms with van der Waals surface area (Å²) in [5, 5.41) is 5.33. The summed E-state index contributed by atoms with van der Waals surface area (Å²) in [6, 6.07) is 20.9. The second-order valence-electron chi connectivity index (χ2n) is 7.04. The molecule has 0 bridgehead atoms. The Morgan fingerprint density at radius 3 is 1.70 bits per heavy atom. The number of hydrogen-bond donors (Lipinski definition) is 1. The molecule has 2 aromatic carbocycles. The van der Waals surface area contributed by atoms with Crippen LogP contribution >= 0.6 is 7.92 Å². The molecule has 0 spiro atoms. The van der Waals surface area contributed by atoms with E-state index in [1.807, 2.05) is 0 Å². The first-order valence-electron chi connectivity index (χ1n) is 10.3. The molecule has 10 radical (unpaired) electrons. The summed E-state index contributed by atoms with van der Waals surface area (Å²) < 4.78 is 4.48. The van der Waals surface area contributed by atoms with Crippen molar-refractivity contribution in [3.05, 3.63) is 124 Å². The fraction of sp³-hybridized carbons (Fsp3) is 0.111. The maximum absolute atomic E-state index is 11.4. The molecular weight excluding hydrogens is 473 g/mol. The molecule has 0 aliphatic heterocycles. The van der Waals surface area contributed by atoms with Gasteiger partial charge in [-0.15, -0.1) is 0 Å². The molecule has 2 aromatic rings. The number of nitrogens with one attached hydrogen (secondary N) is 1. The fourth-order valence-corrected chi connectivity index (χ4v) is 5.46. The van der Waals surface area contributed by atoms with Crippen molar-refractivity contribution < 1.29 is 31.4 Å². The van der Waals surface area contributed by atoms with E-state index in [-0.39, 0.29) is 23.0 Å². The molecule has 6 heteroatoms. The van der Waals surface area contributed by atoms with Gasteiger partial charge in [0.05, 0.1) is 13.0 Å². The van der Waals surface area contributed by atoms with Crippen LogP contribution in [0.4, 0.5) is 0 Å². The molecule has 0 unspecified atom stereocenters. The first-order chi connectivity index (χ1) is 15.6. The molecule has 1 atom stereocenters. The van der Waals surface area contributed by atoms with Gasteiger partial charge in [-0.3, -0.25) is 4.79 Å². The van der Waals surface area contributed by atoms with Crippen molar-refractivity contribution >= 4 is 30.4 Å². The predicted molar refractivity (Wildman–Crippen MR) is 130 cm³/mol. The Morgan fingerprint density at radius 2 is 1.24 bits per heavy atom. The number of methoxy groups -OCH3 is 1. The maximum Gasteiger partial charge on any atom is 2.00 e. The van der Waals surface area contributed by atoms with Crippen LogP contribution in [-0.4, -0.2) is 25.0 Å².